The molecule has 7 nitrogen and oxygen atoms in total. The minimum atomic E-state index is -0.0884. The lowest BCUT2D eigenvalue weighted by atomic mass is 10.1. The highest BCUT2D eigenvalue weighted by atomic mass is 16.2. The monoisotopic (exact) mass is 415 g/mol. The average Bonchev–Trinajstić information content (AvgIpc) is 3.02. The zero-order chi connectivity index (χ0) is 21.2. The number of benzene rings is 2. The van der Waals surface area contributed by atoms with Crippen molar-refractivity contribution in [1.82, 2.24) is 24.6 Å². The second-order valence-corrected chi connectivity index (χ2v) is 8.04. The Morgan fingerprint density at radius 1 is 0.935 bits per heavy atom. The van der Waals surface area contributed by atoms with Gasteiger partial charge in [0.25, 0.3) is 0 Å². The van der Waals surface area contributed by atoms with Crippen LogP contribution >= 0.6 is 0 Å². The van der Waals surface area contributed by atoms with E-state index < -0.39 is 0 Å². The number of rotatable bonds is 5. The van der Waals surface area contributed by atoms with Crippen molar-refractivity contribution in [3.63, 3.8) is 0 Å². The van der Waals surface area contributed by atoms with E-state index in [4.69, 9.17) is 0 Å². The fourth-order valence-corrected chi connectivity index (χ4v) is 4.49. The van der Waals surface area contributed by atoms with Crippen molar-refractivity contribution >= 4 is 27.7 Å². The quantitative estimate of drug-likeness (QED) is 0.508. The number of aromatic nitrogens is 4. The molecule has 0 unspecified atom stereocenters. The summed E-state index contributed by atoms with van der Waals surface area (Å²) >= 11 is 0. The predicted octanol–water partition coefficient (Wildman–Crippen LogP) is 2.83. The van der Waals surface area contributed by atoms with Gasteiger partial charge >= 0.3 is 0 Å². The number of pyridine rings is 1. The van der Waals surface area contributed by atoms with Gasteiger partial charge in [0.05, 0.1) is 11.0 Å². The van der Waals surface area contributed by atoms with E-state index in [2.05, 4.69) is 20.1 Å². The van der Waals surface area contributed by atoms with Crippen LogP contribution in [0.25, 0.3) is 21.8 Å². The van der Waals surface area contributed by atoms with Crippen LogP contribution in [0.1, 0.15) is 30.9 Å². The molecule has 5 rings (SSSR count). The Kier molecular flexibility index (Phi) is 5.24. The summed E-state index contributed by atoms with van der Waals surface area (Å²) in [6, 6.07) is 14.9. The Morgan fingerprint density at radius 2 is 1.65 bits per heavy atom. The predicted molar refractivity (Wildman–Crippen MR) is 120 cm³/mol. The maximum atomic E-state index is 12.8. The Hall–Kier alpha value is -3.48. The zero-order valence-corrected chi connectivity index (χ0v) is 17.4. The molecule has 0 fully saturated rings. The summed E-state index contributed by atoms with van der Waals surface area (Å²) in [6.45, 7) is 1.62. The fourth-order valence-electron chi connectivity index (χ4n) is 4.49. The van der Waals surface area contributed by atoms with Crippen molar-refractivity contribution < 1.29 is 4.79 Å². The number of nitrogens with one attached hydrogen (secondary N) is 1. The number of hydrogen-bond acceptors (Lipinski definition) is 4. The Balaban J connectivity index is 1.35. The number of carbonyl (C=O) groups excluding carboxylic acids is 1. The third-order valence-electron chi connectivity index (χ3n) is 6.04. The molecule has 158 valence electrons. The van der Waals surface area contributed by atoms with Crippen LogP contribution in [-0.4, -0.2) is 31.8 Å². The maximum absolute atomic E-state index is 12.8. The van der Waals surface area contributed by atoms with Gasteiger partial charge in [0.1, 0.15) is 18.2 Å². The molecule has 0 atom stereocenters. The van der Waals surface area contributed by atoms with Crippen molar-refractivity contribution in [1.29, 1.82) is 0 Å². The molecule has 1 amide bonds. The molecule has 0 bridgehead atoms. The lowest BCUT2D eigenvalue weighted by molar-refractivity contribution is -0.121. The molecule has 1 aliphatic heterocycles. The largest absolute Gasteiger partial charge is 0.354 e. The standard InChI is InChI=1S/C24H25N5O2/c30-23(25-14-13-22-27-26-21-12-2-1-7-15-28(21)22)16-29-19-10-5-3-8-17(19)24(31)18-9-4-6-11-20(18)29/h3-6,8-11H,1-2,7,12-16H2,(H,25,30). The van der Waals surface area contributed by atoms with Crippen molar-refractivity contribution in [3.05, 3.63) is 70.4 Å². The van der Waals surface area contributed by atoms with E-state index in [1.54, 1.807) is 0 Å². The Bertz CT molecular complexity index is 1260. The van der Waals surface area contributed by atoms with Gasteiger partial charge in [-0.15, -0.1) is 10.2 Å². The number of amides is 1. The van der Waals surface area contributed by atoms with Crippen molar-refractivity contribution in [2.45, 2.75) is 45.2 Å². The summed E-state index contributed by atoms with van der Waals surface area (Å²) in [7, 11) is 0. The van der Waals surface area contributed by atoms with Gasteiger partial charge in [0.2, 0.25) is 5.91 Å². The molecule has 1 N–H and O–H groups in total. The first-order valence-electron chi connectivity index (χ1n) is 10.9. The van der Waals surface area contributed by atoms with Gasteiger partial charge in [-0.05, 0) is 37.1 Å². The normalized spacial score (nSPS) is 13.8. The van der Waals surface area contributed by atoms with Gasteiger partial charge in [0, 0.05) is 36.7 Å². The van der Waals surface area contributed by atoms with Gasteiger partial charge in [-0.3, -0.25) is 9.59 Å². The molecule has 31 heavy (non-hydrogen) atoms. The first-order valence-corrected chi connectivity index (χ1v) is 10.9. The molecule has 2 aromatic carbocycles. The van der Waals surface area contributed by atoms with Crippen LogP contribution < -0.4 is 10.7 Å². The number of para-hydroxylation sites is 2. The molecule has 7 heteroatoms. The summed E-state index contributed by atoms with van der Waals surface area (Å²) in [5.41, 5.74) is 1.53. The van der Waals surface area contributed by atoms with E-state index >= 15 is 0 Å². The highest BCUT2D eigenvalue weighted by molar-refractivity contribution is 5.94. The average molecular weight is 415 g/mol. The number of carbonyl (C=O) groups is 1. The van der Waals surface area contributed by atoms with E-state index in [1.807, 2.05) is 53.1 Å². The highest BCUT2D eigenvalue weighted by Crippen LogP contribution is 2.19. The summed E-state index contributed by atoms with van der Waals surface area (Å²) in [6.07, 6.45) is 5.17. The maximum Gasteiger partial charge on any atom is 0.239 e. The molecule has 0 radical (unpaired) electrons. The van der Waals surface area contributed by atoms with Crippen LogP contribution in [0.4, 0.5) is 0 Å². The van der Waals surface area contributed by atoms with Gasteiger partial charge in [0.15, 0.2) is 5.43 Å². The minimum absolute atomic E-state index is 0.00430. The smallest absolute Gasteiger partial charge is 0.239 e. The van der Waals surface area contributed by atoms with E-state index in [1.165, 1.54) is 6.42 Å². The molecule has 2 aromatic heterocycles. The second-order valence-electron chi connectivity index (χ2n) is 8.04. The fraction of sp³-hybridized carbons (Fsp3) is 0.333. The van der Waals surface area contributed by atoms with Crippen LogP contribution in [0.15, 0.2) is 53.3 Å². The SMILES string of the molecule is O=C(Cn1c2ccccc2c(=O)c2ccccc21)NCCc1nnc2n1CCCCC2. The summed E-state index contributed by atoms with van der Waals surface area (Å²) in [4.78, 5) is 25.6. The molecular formula is C24H25N5O2. The summed E-state index contributed by atoms with van der Waals surface area (Å²) < 4.78 is 4.13. The van der Waals surface area contributed by atoms with Crippen molar-refractivity contribution in [2.75, 3.05) is 6.54 Å². The van der Waals surface area contributed by atoms with Crippen LogP contribution in [0.5, 0.6) is 0 Å². The molecule has 0 aliphatic carbocycles. The number of hydrogen-bond donors (Lipinski definition) is 1. The first-order chi connectivity index (χ1) is 15.2. The van der Waals surface area contributed by atoms with Crippen molar-refractivity contribution in [3.8, 4) is 0 Å². The number of nitrogens with zero attached hydrogens (tertiary/aromatic N) is 4. The Labute approximate surface area is 179 Å². The van der Waals surface area contributed by atoms with Gasteiger partial charge < -0.3 is 14.5 Å². The zero-order valence-electron chi connectivity index (χ0n) is 17.4. The second kappa shape index (κ2) is 8.34. The van der Waals surface area contributed by atoms with E-state index in [9.17, 15) is 9.59 Å². The lowest BCUT2D eigenvalue weighted by Gasteiger charge is -2.15. The number of aryl methyl sites for hydroxylation is 1. The third-order valence-corrected chi connectivity index (χ3v) is 6.04. The first kappa shape index (κ1) is 19.5. The molecule has 0 spiro atoms. The molecule has 0 saturated heterocycles. The molecule has 1 aliphatic rings. The van der Waals surface area contributed by atoms with E-state index in [0.29, 0.717) is 23.7 Å². The number of fused-ring (bicyclic) bond motifs is 3. The Morgan fingerprint density at radius 3 is 2.39 bits per heavy atom. The minimum Gasteiger partial charge on any atom is -0.354 e. The molecular weight excluding hydrogens is 390 g/mol. The van der Waals surface area contributed by atoms with E-state index in [0.717, 1.165) is 48.5 Å². The van der Waals surface area contributed by atoms with Gasteiger partial charge in [-0.1, -0.05) is 30.7 Å². The highest BCUT2D eigenvalue weighted by Gasteiger charge is 2.16. The third kappa shape index (κ3) is 3.71. The van der Waals surface area contributed by atoms with Crippen LogP contribution in [0.3, 0.4) is 0 Å². The van der Waals surface area contributed by atoms with E-state index in [-0.39, 0.29) is 17.9 Å². The molecule has 4 aromatic rings. The van der Waals surface area contributed by atoms with Crippen LogP contribution in [0, 0.1) is 0 Å². The summed E-state index contributed by atoms with van der Waals surface area (Å²) in [5, 5.41) is 12.9. The molecule has 3 heterocycles. The van der Waals surface area contributed by atoms with Gasteiger partial charge in [-0.25, -0.2) is 0 Å². The lowest BCUT2D eigenvalue weighted by Crippen LogP contribution is -2.30. The van der Waals surface area contributed by atoms with Gasteiger partial charge in [-0.2, -0.15) is 0 Å². The molecule has 0 saturated carbocycles. The van der Waals surface area contributed by atoms with Crippen LogP contribution in [-0.2, 0) is 30.7 Å². The topological polar surface area (TPSA) is 81.8 Å². The van der Waals surface area contributed by atoms with Crippen molar-refractivity contribution in [2.24, 2.45) is 0 Å². The summed E-state index contributed by atoms with van der Waals surface area (Å²) in [5.74, 6) is 1.91. The van der Waals surface area contributed by atoms with Crippen LogP contribution in [0.2, 0.25) is 0 Å².